The van der Waals surface area contributed by atoms with Crippen LogP contribution in [-0.2, 0) is 0 Å². The lowest BCUT2D eigenvalue weighted by molar-refractivity contribution is 0.803. The minimum Gasteiger partial charge on any atom is -0.221 e. The lowest BCUT2D eigenvalue weighted by atomic mass is 10.0. The van der Waals surface area contributed by atoms with Crippen molar-refractivity contribution >= 4 is 0 Å². The van der Waals surface area contributed by atoms with Gasteiger partial charge in [0.1, 0.15) is 0 Å². The smallest absolute Gasteiger partial charge is 0.164 e. The SMILES string of the molecule is c1cc(-c2ccc(-n3ccnn3)cc2)cc(-c2nc(-c3cccc(-c4ccc(-n5ccnn5)cc4)c3)nc(-c3cccc(-c4ccc(-n5ccnn5)cc4)c3)n2)c1. The molecule has 57 heavy (non-hydrogen) atoms. The summed E-state index contributed by atoms with van der Waals surface area (Å²) in [6.45, 7) is 0. The molecule has 0 amide bonds. The van der Waals surface area contributed by atoms with Gasteiger partial charge in [0.2, 0.25) is 0 Å². The Morgan fingerprint density at radius 3 is 0.825 bits per heavy atom. The maximum absolute atomic E-state index is 5.11. The molecule has 4 heterocycles. The van der Waals surface area contributed by atoms with E-state index in [1.165, 1.54) is 0 Å². The molecule has 0 saturated heterocycles. The second kappa shape index (κ2) is 14.5. The average molecular weight is 739 g/mol. The molecule has 0 radical (unpaired) electrons. The van der Waals surface area contributed by atoms with E-state index in [1.54, 1.807) is 32.6 Å². The first kappa shape index (κ1) is 33.3. The molecule has 12 nitrogen and oxygen atoms in total. The van der Waals surface area contributed by atoms with Gasteiger partial charge in [-0.1, -0.05) is 107 Å². The van der Waals surface area contributed by atoms with Crippen molar-refractivity contribution in [3.05, 3.63) is 183 Å². The lowest BCUT2D eigenvalue weighted by Gasteiger charge is -2.12. The van der Waals surface area contributed by atoms with Crippen LogP contribution in [0.3, 0.4) is 0 Å². The van der Waals surface area contributed by atoms with Crippen LogP contribution in [0.2, 0.25) is 0 Å². The second-order valence-corrected chi connectivity index (χ2v) is 13.2. The summed E-state index contributed by atoms with van der Waals surface area (Å²) in [6, 6.07) is 49.5. The van der Waals surface area contributed by atoms with Gasteiger partial charge < -0.3 is 0 Å². The summed E-state index contributed by atoms with van der Waals surface area (Å²) >= 11 is 0. The summed E-state index contributed by atoms with van der Waals surface area (Å²) in [6.07, 6.45) is 10.5. The Labute approximate surface area is 326 Å². The van der Waals surface area contributed by atoms with Crippen molar-refractivity contribution in [2.75, 3.05) is 0 Å². The fourth-order valence-corrected chi connectivity index (χ4v) is 6.73. The fourth-order valence-electron chi connectivity index (χ4n) is 6.73. The van der Waals surface area contributed by atoms with Crippen molar-refractivity contribution in [1.82, 2.24) is 59.9 Å². The second-order valence-electron chi connectivity index (χ2n) is 13.2. The van der Waals surface area contributed by atoms with E-state index in [-0.39, 0.29) is 0 Å². The summed E-state index contributed by atoms with van der Waals surface area (Å²) in [7, 11) is 0. The van der Waals surface area contributed by atoms with Gasteiger partial charge in [-0.2, -0.15) is 0 Å². The van der Waals surface area contributed by atoms with Crippen LogP contribution in [0, 0.1) is 0 Å². The third-order valence-electron chi connectivity index (χ3n) is 9.66. The summed E-state index contributed by atoms with van der Waals surface area (Å²) in [5.74, 6) is 1.71. The molecule has 12 heteroatoms. The Balaban J connectivity index is 1.04. The largest absolute Gasteiger partial charge is 0.221 e. The maximum atomic E-state index is 5.11. The van der Waals surface area contributed by atoms with Crippen LogP contribution in [0.4, 0.5) is 0 Å². The monoisotopic (exact) mass is 738 g/mol. The van der Waals surface area contributed by atoms with Gasteiger partial charge in [0.15, 0.2) is 17.5 Å². The van der Waals surface area contributed by atoms with Gasteiger partial charge in [0.05, 0.1) is 54.2 Å². The van der Waals surface area contributed by atoms with Crippen LogP contribution in [0.25, 0.3) is 84.6 Å². The molecule has 6 aromatic carbocycles. The minimum absolute atomic E-state index is 0.571. The van der Waals surface area contributed by atoms with Crippen LogP contribution in [-0.4, -0.2) is 59.9 Å². The molecule has 0 fully saturated rings. The fraction of sp³-hybridized carbons (Fsp3) is 0. The van der Waals surface area contributed by atoms with E-state index in [1.807, 2.05) is 91.4 Å². The third-order valence-corrected chi connectivity index (χ3v) is 9.66. The molecule has 0 N–H and O–H groups in total. The number of nitrogens with zero attached hydrogens (tertiary/aromatic N) is 12. The van der Waals surface area contributed by atoms with E-state index in [2.05, 4.69) is 104 Å². The first-order valence-electron chi connectivity index (χ1n) is 18.2. The number of rotatable bonds is 9. The van der Waals surface area contributed by atoms with Crippen LogP contribution in [0.1, 0.15) is 0 Å². The number of benzene rings is 6. The molecule has 4 aromatic heterocycles. The molecule has 0 aliphatic rings. The van der Waals surface area contributed by atoms with Gasteiger partial charge in [0, 0.05) is 16.7 Å². The molecular weight excluding hydrogens is 709 g/mol. The van der Waals surface area contributed by atoms with Crippen molar-refractivity contribution in [1.29, 1.82) is 0 Å². The van der Waals surface area contributed by atoms with Crippen molar-refractivity contribution < 1.29 is 0 Å². The molecule has 0 saturated carbocycles. The third kappa shape index (κ3) is 6.85. The minimum atomic E-state index is 0.571. The molecule has 0 aliphatic carbocycles. The standard InChI is InChI=1S/C45H30N12/c1-4-34(31-10-16-40(17-11-31)55-25-22-46-52-55)28-37(7-1)43-49-44(38-8-2-5-35(29-38)32-12-18-41(19-13-32)56-26-23-47-53-56)51-45(50-43)39-9-3-6-36(30-39)33-14-20-42(21-15-33)57-27-24-48-54-57/h1-30H. The molecule has 10 rings (SSSR count). The highest BCUT2D eigenvalue weighted by atomic mass is 15.4. The van der Waals surface area contributed by atoms with Crippen LogP contribution in [0.5, 0.6) is 0 Å². The van der Waals surface area contributed by atoms with E-state index in [9.17, 15) is 0 Å². The van der Waals surface area contributed by atoms with E-state index >= 15 is 0 Å². The highest BCUT2D eigenvalue weighted by molar-refractivity contribution is 5.76. The van der Waals surface area contributed by atoms with Crippen molar-refractivity contribution in [3.8, 4) is 84.6 Å². The first-order chi connectivity index (χ1) is 28.2. The highest BCUT2D eigenvalue weighted by Gasteiger charge is 2.15. The lowest BCUT2D eigenvalue weighted by Crippen LogP contribution is -2.00. The zero-order valence-corrected chi connectivity index (χ0v) is 30.2. The summed E-state index contributed by atoms with van der Waals surface area (Å²) in [4.78, 5) is 15.3. The maximum Gasteiger partial charge on any atom is 0.164 e. The van der Waals surface area contributed by atoms with E-state index < -0.39 is 0 Å². The predicted octanol–water partition coefficient (Wildman–Crippen LogP) is 8.62. The molecule has 0 atom stereocenters. The van der Waals surface area contributed by atoms with Gasteiger partial charge in [-0.25, -0.2) is 29.0 Å². The molecule has 0 unspecified atom stereocenters. The summed E-state index contributed by atoms with van der Waals surface area (Å²) < 4.78 is 5.21. The normalized spacial score (nSPS) is 11.2. The van der Waals surface area contributed by atoms with Gasteiger partial charge in [-0.15, -0.1) is 15.3 Å². The average Bonchev–Trinajstić information content (AvgIpc) is 4.13. The van der Waals surface area contributed by atoms with Crippen LogP contribution < -0.4 is 0 Å². The van der Waals surface area contributed by atoms with Crippen LogP contribution in [0.15, 0.2) is 183 Å². The Hall–Kier alpha value is -8.25. The van der Waals surface area contributed by atoms with Crippen molar-refractivity contribution in [2.45, 2.75) is 0 Å². The van der Waals surface area contributed by atoms with Gasteiger partial charge in [-0.05, 0) is 88.0 Å². The summed E-state index contributed by atoms with van der Waals surface area (Å²) in [5, 5.41) is 24.1. The zero-order chi connectivity index (χ0) is 38.0. The van der Waals surface area contributed by atoms with Crippen LogP contribution >= 0.6 is 0 Å². The summed E-state index contributed by atoms with van der Waals surface area (Å²) in [5.41, 5.74) is 11.7. The molecule has 0 spiro atoms. The predicted molar refractivity (Wildman–Crippen MR) is 217 cm³/mol. The molecule has 10 aromatic rings. The van der Waals surface area contributed by atoms with Crippen molar-refractivity contribution in [2.24, 2.45) is 0 Å². The van der Waals surface area contributed by atoms with E-state index in [4.69, 9.17) is 15.0 Å². The zero-order valence-electron chi connectivity index (χ0n) is 30.2. The number of hydrogen-bond donors (Lipinski definition) is 0. The Morgan fingerprint density at radius 2 is 0.561 bits per heavy atom. The molecule has 0 aliphatic heterocycles. The number of hydrogen-bond acceptors (Lipinski definition) is 9. The van der Waals surface area contributed by atoms with E-state index in [0.717, 1.165) is 67.1 Å². The highest BCUT2D eigenvalue weighted by Crippen LogP contribution is 2.32. The Morgan fingerprint density at radius 1 is 0.281 bits per heavy atom. The molecule has 270 valence electrons. The molecule has 0 bridgehead atoms. The topological polar surface area (TPSA) is 131 Å². The Bertz CT molecular complexity index is 2590. The first-order valence-corrected chi connectivity index (χ1v) is 18.2. The number of aromatic nitrogens is 12. The van der Waals surface area contributed by atoms with Crippen molar-refractivity contribution in [3.63, 3.8) is 0 Å². The quantitative estimate of drug-likeness (QED) is 0.143. The Kier molecular flexibility index (Phi) is 8.50. The van der Waals surface area contributed by atoms with Gasteiger partial charge in [-0.3, -0.25) is 0 Å². The van der Waals surface area contributed by atoms with Gasteiger partial charge in [0.25, 0.3) is 0 Å². The van der Waals surface area contributed by atoms with Gasteiger partial charge >= 0.3 is 0 Å². The van der Waals surface area contributed by atoms with E-state index in [0.29, 0.717) is 17.5 Å². The molecular formula is C45H30N12.